The standard InChI is InChI=1S/C19H20N2O5/c1-2-15(13-7-8-17-18(11-13)26-10-9-25-17)20-19(22)12-14-5-3-4-6-16(14)21(23)24/h3-8,11,15H,2,9-10,12H2,1H3,(H,20,22). The van der Waals surface area contributed by atoms with E-state index in [9.17, 15) is 14.9 Å². The first-order chi connectivity index (χ1) is 12.6. The topological polar surface area (TPSA) is 90.7 Å². The Bertz CT molecular complexity index is 821. The number of hydrogen-bond donors (Lipinski definition) is 1. The van der Waals surface area contributed by atoms with E-state index < -0.39 is 4.92 Å². The molecule has 26 heavy (non-hydrogen) atoms. The zero-order valence-electron chi connectivity index (χ0n) is 14.4. The summed E-state index contributed by atoms with van der Waals surface area (Å²) in [5, 5.41) is 14.0. The number of nitrogens with one attached hydrogen (secondary N) is 1. The predicted molar refractivity (Wildman–Crippen MR) is 95.4 cm³/mol. The molecule has 1 aliphatic heterocycles. The van der Waals surface area contributed by atoms with E-state index in [4.69, 9.17) is 9.47 Å². The molecule has 1 N–H and O–H groups in total. The number of hydrogen-bond acceptors (Lipinski definition) is 5. The van der Waals surface area contributed by atoms with Crippen LogP contribution in [-0.2, 0) is 11.2 Å². The lowest BCUT2D eigenvalue weighted by molar-refractivity contribution is -0.385. The molecule has 0 fully saturated rings. The molecule has 0 saturated carbocycles. The van der Waals surface area contributed by atoms with E-state index in [1.165, 1.54) is 6.07 Å². The van der Waals surface area contributed by atoms with Gasteiger partial charge in [-0.2, -0.15) is 0 Å². The van der Waals surface area contributed by atoms with Crippen molar-refractivity contribution in [2.24, 2.45) is 0 Å². The fourth-order valence-corrected chi connectivity index (χ4v) is 2.95. The Hall–Kier alpha value is -3.09. The lowest BCUT2D eigenvalue weighted by Crippen LogP contribution is -2.29. The maximum Gasteiger partial charge on any atom is 0.273 e. The average Bonchev–Trinajstić information content (AvgIpc) is 2.66. The summed E-state index contributed by atoms with van der Waals surface area (Å²) in [6, 6.07) is 11.7. The van der Waals surface area contributed by atoms with Crippen LogP contribution >= 0.6 is 0 Å². The van der Waals surface area contributed by atoms with Crippen molar-refractivity contribution in [1.82, 2.24) is 5.32 Å². The van der Waals surface area contributed by atoms with Crippen LogP contribution in [0, 0.1) is 10.1 Å². The van der Waals surface area contributed by atoms with Gasteiger partial charge in [-0.25, -0.2) is 0 Å². The van der Waals surface area contributed by atoms with E-state index in [2.05, 4.69) is 5.32 Å². The molecule has 1 atom stereocenters. The number of nitrogens with zero attached hydrogens (tertiary/aromatic N) is 1. The summed E-state index contributed by atoms with van der Waals surface area (Å²) >= 11 is 0. The molecule has 0 radical (unpaired) electrons. The first-order valence-corrected chi connectivity index (χ1v) is 8.49. The minimum absolute atomic E-state index is 0.0434. The summed E-state index contributed by atoms with van der Waals surface area (Å²) in [5.74, 6) is 1.10. The number of benzene rings is 2. The number of ether oxygens (including phenoxy) is 2. The Kier molecular flexibility index (Phi) is 5.36. The SMILES string of the molecule is CCC(NC(=O)Cc1ccccc1[N+](=O)[O-])c1ccc2c(c1)OCCO2. The summed E-state index contributed by atoms with van der Waals surface area (Å²) in [7, 11) is 0. The van der Waals surface area contributed by atoms with Gasteiger partial charge in [-0.05, 0) is 24.1 Å². The number of nitro benzene ring substituents is 1. The van der Waals surface area contributed by atoms with E-state index in [0.717, 1.165) is 5.56 Å². The van der Waals surface area contributed by atoms with Crippen LogP contribution in [0.15, 0.2) is 42.5 Å². The van der Waals surface area contributed by atoms with Crippen molar-refractivity contribution in [2.45, 2.75) is 25.8 Å². The van der Waals surface area contributed by atoms with Crippen molar-refractivity contribution in [1.29, 1.82) is 0 Å². The lowest BCUT2D eigenvalue weighted by Gasteiger charge is -2.22. The van der Waals surface area contributed by atoms with Crippen LogP contribution in [0.5, 0.6) is 11.5 Å². The van der Waals surface area contributed by atoms with Gasteiger partial charge in [0.05, 0.1) is 17.4 Å². The minimum atomic E-state index is -0.471. The third kappa shape index (κ3) is 3.93. The Morgan fingerprint density at radius 1 is 1.19 bits per heavy atom. The van der Waals surface area contributed by atoms with Gasteiger partial charge in [-0.15, -0.1) is 0 Å². The van der Waals surface area contributed by atoms with Crippen LogP contribution in [0.4, 0.5) is 5.69 Å². The Balaban J connectivity index is 1.72. The fraction of sp³-hybridized carbons (Fsp3) is 0.316. The normalized spacial score (nSPS) is 13.7. The van der Waals surface area contributed by atoms with Crippen LogP contribution in [0.3, 0.4) is 0 Å². The molecule has 3 rings (SSSR count). The third-order valence-electron chi connectivity index (χ3n) is 4.25. The molecule has 1 unspecified atom stereocenters. The van der Waals surface area contributed by atoms with Crippen LogP contribution in [0.2, 0.25) is 0 Å². The van der Waals surface area contributed by atoms with Gasteiger partial charge in [-0.3, -0.25) is 14.9 Å². The summed E-state index contributed by atoms with van der Waals surface area (Å²) in [6.45, 7) is 2.99. The number of carbonyl (C=O) groups excluding carboxylic acids is 1. The summed E-state index contributed by atoms with van der Waals surface area (Å²) in [4.78, 5) is 23.0. The van der Waals surface area contributed by atoms with Crippen LogP contribution in [-0.4, -0.2) is 24.0 Å². The fourth-order valence-electron chi connectivity index (χ4n) is 2.95. The Morgan fingerprint density at radius 3 is 2.65 bits per heavy atom. The van der Waals surface area contributed by atoms with Crippen LogP contribution in [0.1, 0.15) is 30.5 Å². The zero-order chi connectivity index (χ0) is 18.5. The Labute approximate surface area is 151 Å². The van der Waals surface area contributed by atoms with Crippen molar-refractivity contribution in [3.8, 4) is 11.5 Å². The van der Waals surface area contributed by atoms with E-state index in [0.29, 0.717) is 36.7 Å². The van der Waals surface area contributed by atoms with Gasteiger partial charge in [0.2, 0.25) is 5.91 Å². The highest BCUT2D eigenvalue weighted by molar-refractivity contribution is 5.80. The van der Waals surface area contributed by atoms with Gasteiger partial charge in [-0.1, -0.05) is 31.2 Å². The molecule has 2 aromatic rings. The third-order valence-corrected chi connectivity index (χ3v) is 4.25. The number of fused-ring (bicyclic) bond motifs is 1. The van der Waals surface area contributed by atoms with Gasteiger partial charge in [0.15, 0.2) is 11.5 Å². The molecule has 7 heteroatoms. The maximum absolute atomic E-state index is 12.4. The number of nitro groups is 1. The number of para-hydroxylation sites is 1. The largest absolute Gasteiger partial charge is 0.486 e. The quantitative estimate of drug-likeness (QED) is 0.634. The minimum Gasteiger partial charge on any atom is -0.486 e. The number of rotatable bonds is 6. The second kappa shape index (κ2) is 7.86. The van der Waals surface area contributed by atoms with Crippen LogP contribution < -0.4 is 14.8 Å². The van der Waals surface area contributed by atoms with Crippen molar-refractivity contribution in [3.05, 3.63) is 63.7 Å². The number of carbonyl (C=O) groups is 1. The van der Waals surface area contributed by atoms with E-state index in [-0.39, 0.29) is 24.1 Å². The molecular formula is C19H20N2O5. The molecule has 0 aromatic heterocycles. The molecule has 1 heterocycles. The van der Waals surface area contributed by atoms with Gasteiger partial charge >= 0.3 is 0 Å². The summed E-state index contributed by atoms with van der Waals surface area (Å²) in [5.41, 5.74) is 1.26. The summed E-state index contributed by atoms with van der Waals surface area (Å²) in [6.07, 6.45) is 0.639. The zero-order valence-corrected chi connectivity index (χ0v) is 14.4. The first-order valence-electron chi connectivity index (χ1n) is 8.49. The maximum atomic E-state index is 12.4. The smallest absolute Gasteiger partial charge is 0.273 e. The summed E-state index contributed by atoms with van der Waals surface area (Å²) < 4.78 is 11.1. The second-order valence-corrected chi connectivity index (χ2v) is 5.99. The van der Waals surface area contributed by atoms with E-state index >= 15 is 0 Å². The van der Waals surface area contributed by atoms with Gasteiger partial charge in [0.25, 0.3) is 5.69 Å². The molecule has 0 aliphatic carbocycles. The molecule has 0 saturated heterocycles. The van der Waals surface area contributed by atoms with Gasteiger partial charge in [0, 0.05) is 11.6 Å². The molecule has 7 nitrogen and oxygen atoms in total. The highest BCUT2D eigenvalue weighted by Gasteiger charge is 2.20. The Morgan fingerprint density at radius 2 is 1.92 bits per heavy atom. The molecule has 2 aromatic carbocycles. The molecule has 1 amide bonds. The van der Waals surface area contributed by atoms with Crippen LogP contribution in [0.25, 0.3) is 0 Å². The van der Waals surface area contributed by atoms with Gasteiger partial charge < -0.3 is 14.8 Å². The van der Waals surface area contributed by atoms with Crippen molar-refractivity contribution in [2.75, 3.05) is 13.2 Å². The average molecular weight is 356 g/mol. The highest BCUT2D eigenvalue weighted by atomic mass is 16.6. The van der Waals surface area contributed by atoms with Crippen molar-refractivity contribution >= 4 is 11.6 Å². The number of amides is 1. The van der Waals surface area contributed by atoms with Crippen molar-refractivity contribution in [3.63, 3.8) is 0 Å². The van der Waals surface area contributed by atoms with E-state index in [1.807, 2.05) is 25.1 Å². The van der Waals surface area contributed by atoms with Crippen molar-refractivity contribution < 1.29 is 19.2 Å². The molecule has 0 bridgehead atoms. The van der Waals surface area contributed by atoms with E-state index in [1.54, 1.807) is 18.2 Å². The second-order valence-electron chi connectivity index (χ2n) is 5.99. The molecule has 136 valence electrons. The molecule has 1 aliphatic rings. The molecule has 0 spiro atoms. The predicted octanol–water partition coefficient (Wildman–Crippen LogP) is 3.18. The lowest BCUT2D eigenvalue weighted by atomic mass is 10.0. The monoisotopic (exact) mass is 356 g/mol. The van der Waals surface area contributed by atoms with Gasteiger partial charge in [0.1, 0.15) is 13.2 Å². The first kappa shape index (κ1) is 17.7. The molecular weight excluding hydrogens is 336 g/mol. The highest BCUT2D eigenvalue weighted by Crippen LogP contribution is 2.33.